The number of rotatable bonds is 2. The topological polar surface area (TPSA) is 50.5 Å². The maximum absolute atomic E-state index is 13.0. The summed E-state index contributed by atoms with van der Waals surface area (Å²) in [6.07, 6.45) is -1.87. The van der Waals surface area contributed by atoms with Crippen LogP contribution in [-0.4, -0.2) is 38.5 Å². The number of aromatic nitrogens is 3. The van der Waals surface area contributed by atoms with Crippen molar-refractivity contribution in [3.8, 4) is 0 Å². The fourth-order valence-corrected chi connectivity index (χ4v) is 4.27. The van der Waals surface area contributed by atoms with Crippen molar-refractivity contribution in [2.24, 2.45) is 0 Å². The minimum Gasteiger partial charge on any atom is -0.337 e. The van der Waals surface area contributed by atoms with Gasteiger partial charge in [-0.05, 0) is 44.0 Å². The second-order valence-corrected chi connectivity index (χ2v) is 7.99. The molecule has 1 aliphatic heterocycles. The van der Waals surface area contributed by atoms with Gasteiger partial charge in [0.2, 0.25) is 0 Å². The van der Waals surface area contributed by atoms with Gasteiger partial charge in [0.05, 0.1) is 10.4 Å². The molecule has 0 bridgehead atoms. The summed E-state index contributed by atoms with van der Waals surface area (Å²) in [6, 6.07) is 6.04. The summed E-state index contributed by atoms with van der Waals surface area (Å²) in [7, 11) is 0. The number of nitrogens with zero attached hydrogens (tertiary/aromatic N) is 4. The SMILES string of the molecule is Cc1ccc(C(=O)N2CCCC(c3nnc4ccc(C(F)(F)F)cn34)C2)s1. The van der Waals surface area contributed by atoms with Gasteiger partial charge in [0.1, 0.15) is 5.82 Å². The minimum atomic E-state index is -4.43. The van der Waals surface area contributed by atoms with Crippen LogP contribution in [0.15, 0.2) is 30.5 Å². The average Bonchev–Trinajstić information content (AvgIpc) is 3.26. The highest BCUT2D eigenvalue weighted by atomic mass is 32.1. The molecule has 27 heavy (non-hydrogen) atoms. The van der Waals surface area contributed by atoms with Gasteiger partial charge in [0, 0.05) is 30.1 Å². The van der Waals surface area contributed by atoms with Gasteiger partial charge in [0.25, 0.3) is 5.91 Å². The van der Waals surface area contributed by atoms with E-state index in [0.717, 1.165) is 30.0 Å². The number of alkyl halides is 3. The van der Waals surface area contributed by atoms with Gasteiger partial charge in [-0.3, -0.25) is 9.20 Å². The lowest BCUT2D eigenvalue weighted by molar-refractivity contribution is -0.137. The predicted octanol–water partition coefficient (Wildman–Crippen LogP) is 4.14. The van der Waals surface area contributed by atoms with E-state index in [2.05, 4.69) is 10.2 Å². The fraction of sp³-hybridized carbons (Fsp3) is 0.389. The Bertz CT molecular complexity index is 994. The van der Waals surface area contributed by atoms with Gasteiger partial charge in [0.15, 0.2) is 5.65 Å². The summed E-state index contributed by atoms with van der Waals surface area (Å²) >= 11 is 1.45. The third-order valence-electron chi connectivity index (χ3n) is 4.78. The van der Waals surface area contributed by atoms with E-state index in [1.807, 2.05) is 19.1 Å². The maximum atomic E-state index is 13.0. The Labute approximate surface area is 157 Å². The fourth-order valence-electron chi connectivity index (χ4n) is 3.43. The van der Waals surface area contributed by atoms with Crippen LogP contribution in [0.4, 0.5) is 13.2 Å². The maximum Gasteiger partial charge on any atom is 0.417 e. The van der Waals surface area contributed by atoms with Crippen LogP contribution in [0, 0.1) is 6.92 Å². The van der Waals surface area contributed by atoms with Gasteiger partial charge in [-0.2, -0.15) is 13.2 Å². The Morgan fingerprint density at radius 2 is 2.04 bits per heavy atom. The number of carbonyl (C=O) groups excluding carboxylic acids is 1. The van der Waals surface area contributed by atoms with E-state index >= 15 is 0 Å². The van der Waals surface area contributed by atoms with Gasteiger partial charge < -0.3 is 4.90 Å². The van der Waals surface area contributed by atoms with E-state index < -0.39 is 11.7 Å². The lowest BCUT2D eigenvalue weighted by Crippen LogP contribution is -2.39. The molecule has 0 radical (unpaired) electrons. The van der Waals surface area contributed by atoms with E-state index in [-0.39, 0.29) is 11.8 Å². The van der Waals surface area contributed by atoms with Crippen molar-refractivity contribution in [2.75, 3.05) is 13.1 Å². The van der Waals surface area contributed by atoms with Gasteiger partial charge >= 0.3 is 6.18 Å². The lowest BCUT2D eigenvalue weighted by atomic mass is 9.97. The smallest absolute Gasteiger partial charge is 0.337 e. The molecule has 1 aliphatic rings. The number of aryl methyl sites for hydroxylation is 1. The highest BCUT2D eigenvalue weighted by molar-refractivity contribution is 7.13. The summed E-state index contributed by atoms with van der Waals surface area (Å²) in [4.78, 5) is 16.2. The highest BCUT2D eigenvalue weighted by Gasteiger charge is 2.33. The minimum absolute atomic E-state index is 0.0393. The molecule has 9 heteroatoms. The number of hydrogen-bond donors (Lipinski definition) is 0. The van der Waals surface area contributed by atoms with Crippen LogP contribution in [0.3, 0.4) is 0 Å². The number of piperidine rings is 1. The van der Waals surface area contributed by atoms with E-state index in [1.54, 1.807) is 4.90 Å². The number of likely N-dealkylation sites (tertiary alicyclic amines) is 1. The van der Waals surface area contributed by atoms with E-state index in [0.29, 0.717) is 29.4 Å². The molecule has 1 unspecified atom stereocenters. The van der Waals surface area contributed by atoms with Crippen LogP contribution in [0.25, 0.3) is 5.65 Å². The van der Waals surface area contributed by atoms with Crippen molar-refractivity contribution in [3.05, 3.63) is 51.6 Å². The molecule has 4 rings (SSSR count). The molecule has 0 aromatic carbocycles. The molecule has 1 fully saturated rings. The molecule has 5 nitrogen and oxygen atoms in total. The zero-order valence-corrected chi connectivity index (χ0v) is 15.3. The van der Waals surface area contributed by atoms with E-state index in [4.69, 9.17) is 0 Å². The van der Waals surface area contributed by atoms with Crippen LogP contribution in [0.5, 0.6) is 0 Å². The number of halogens is 3. The zero-order valence-electron chi connectivity index (χ0n) is 14.5. The molecule has 1 amide bonds. The normalized spacial score (nSPS) is 18.2. The van der Waals surface area contributed by atoms with Crippen LogP contribution >= 0.6 is 11.3 Å². The summed E-state index contributed by atoms with van der Waals surface area (Å²) < 4.78 is 40.5. The van der Waals surface area contributed by atoms with Crippen molar-refractivity contribution >= 4 is 22.9 Å². The molecular weight excluding hydrogens is 377 g/mol. The number of amides is 1. The first kappa shape index (κ1) is 18.0. The monoisotopic (exact) mass is 394 g/mol. The number of thiophene rings is 1. The Kier molecular flexibility index (Phi) is 4.41. The number of pyridine rings is 1. The summed E-state index contributed by atoms with van der Waals surface area (Å²) in [5.74, 6) is 0.279. The second kappa shape index (κ2) is 6.63. The van der Waals surface area contributed by atoms with Crippen molar-refractivity contribution in [1.82, 2.24) is 19.5 Å². The largest absolute Gasteiger partial charge is 0.417 e. The first-order valence-electron chi connectivity index (χ1n) is 8.60. The molecule has 3 aromatic rings. The molecule has 4 heterocycles. The number of hydrogen-bond acceptors (Lipinski definition) is 4. The number of carbonyl (C=O) groups is 1. The molecule has 0 aliphatic carbocycles. The quantitative estimate of drug-likeness (QED) is 0.657. The molecule has 1 atom stereocenters. The highest BCUT2D eigenvalue weighted by Crippen LogP contribution is 2.32. The van der Waals surface area contributed by atoms with Gasteiger partial charge in [-0.1, -0.05) is 0 Å². The van der Waals surface area contributed by atoms with Crippen molar-refractivity contribution < 1.29 is 18.0 Å². The Balaban J connectivity index is 1.62. The van der Waals surface area contributed by atoms with Crippen LogP contribution in [0.2, 0.25) is 0 Å². The molecule has 0 spiro atoms. The van der Waals surface area contributed by atoms with Gasteiger partial charge in [-0.15, -0.1) is 21.5 Å². The van der Waals surface area contributed by atoms with Crippen LogP contribution in [0.1, 0.15) is 44.7 Å². The average molecular weight is 394 g/mol. The van der Waals surface area contributed by atoms with E-state index in [9.17, 15) is 18.0 Å². The second-order valence-electron chi connectivity index (χ2n) is 6.70. The molecule has 3 aromatic heterocycles. The summed E-state index contributed by atoms with van der Waals surface area (Å²) in [5.41, 5.74) is -0.371. The first-order chi connectivity index (χ1) is 12.8. The van der Waals surface area contributed by atoms with Crippen LogP contribution < -0.4 is 0 Å². The van der Waals surface area contributed by atoms with Crippen molar-refractivity contribution in [2.45, 2.75) is 31.9 Å². The van der Waals surface area contributed by atoms with Crippen molar-refractivity contribution in [1.29, 1.82) is 0 Å². The molecule has 0 saturated carbocycles. The predicted molar refractivity (Wildman–Crippen MR) is 94.9 cm³/mol. The first-order valence-corrected chi connectivity index (χ1v) is 9.42. The summed E-state index contributed by atoms with van der Waals surface area (Å²) in [5, 5.41) is 8.12. The third-order valence-corrected chi connectivity index (χ3v) is 5.77. The van der Waals surface area contributed by atoms with Crippen molar-refractivity contribution in [3.63, 3.8) is 0 Å². The standard InChI is InChI=1S/C18H17F3N4OS/c1-11-4-6-14(27-11)17(26)24-8-2-3-12(9-24)16-23-22-15-7-5-13(10-25(15)16)18(19,20)21/h4-7,10,12H,2-3,8-9H2,1H3. The summed E-state index contributed by atoms with van der Waals surface area (Å²) in [6.45, 7) is 3.00. The van der Waals surface area contributed by atoms with Crippen LogP contribution in [-0.2, 0) is 6.18 Å². The lowest BCUT2D eigenvalue weighted by Gasteiger charge is -2.31. The Morgan fingerprint density at radius 1 is 1.22 bits per heavy atom. The Morgan fingerprint density at radius 3 is 2.74 bits per heavy atom. The van der Waals surface area contributed by atoms with E-state index in [1.165, 1.54) is 21.8 Å². The third kappa shape index (κ3) is 3.43. The molecular formula is C18H17F3N4OS. The molecule has 0 N–H and O–H groups in total. The van der Waals surface area contributed by atoms with Gasteiger partial charge in [-0.25, -0.2) is 0 Å². The Hall–Kier alpha value is -2.42. The number of fused-ring (bicyclic) bond motifs is 1. The molecule has 142 valence electrons. The zero-order chi connectivity index (χ0) is 19.2. The molecule has 1 saturated heterocycles.